The standard InChI is InChI=1S/C14H22N4OS/c1-10-11(9-17-18-10)8-16-13(19)14(12(15)20)6-4-2-3-5-7-14/h9H,2-8H2,1H3,(H2,15,20)(H,16,19)(H,17,18). The maximum absolute atomic E-state index is 12.6. The molecule has 2 rings (SSSR count). The molecular weight excluding hydrogens is 272 g/mol. The molecule has 1 aromatic heterocycles. The molecular formula is C14H22N4OS. The molecule has 0 unspecified atom stereocenters. The van der Waals surface area contributed by atoms with Crippen LogP contribution in [0.1, 0.15) is 49.8 Å². The Morgan fingerprint density at radius 1 is 1.45 bits per heavy atom. The van der Waals surface area contributed by atoms with Crippen molar-refractivity contribution in [1.82, 2.24) is 15.5 Å². The Hall–Kier alpha value is -1.43. The van der Waals surface area contributed by atoms with E-state index in [1.807, 2.05) is 6.92 Å². The molecule has 0 saturated heterocycles. The monoisotopic (exact) mass is 294 g/mol. The summed E-state index contributed by atoms with van der Waals surface area (Å²) in [6.07, 6.45) is 7.58. The highest BCUT2D eigenvalue weighted by Crippen LogP contribution is 2.35. The molecule has 1 aliphatic carbocycles. The highest BCUT2D eigenvalue weighted by Gasteiger charge is 2.41. The Balaban J connectivity index is 2.07. The van der Waals surface area contributed by atoms with E-state index in [4.69, 9.17) is 18.0 Å². The number of hydrogen-bond acceptors (Lipinski definition) is 3. The Kier molecular flexibility index (Phi) is 4.75. The zero-order chi connectivity index (χ0) is 14.6. The van der Waals surface area contributed by atoms with Crippen molar-refractivity contribution < 1.29 is 4.79 Å². The summed E-state index contributed by atoms with van der Waals surface area (Å²) in [6, 6.07) is 0. The minimum absolute atomic E-state index is 0.0347. The zero-order valence-electron chi connectivity index (χ0n) is 11.9. The first-order chi connectivity index (χ1) is 9.56. The van der Waals surface area contributed by atoms with Crippen molar-refractivity contribution in [2.75, 3.05) is 0 Å². The number of aromatic nitrogens is 2. The molecule has 110 valence electrons. The Morgan fingerprint density at radius 2 is 2.10 bits per heavy atom. The summed E-state index contributed by atoms with van der Waals surface area (Å²) in [6.45, 7) is 2.40. The smallest absolute Gasteiger partial charge is 0.233 e. The second-order valence-corrected chi connectivity index (χ2v) is 6.00. The third-order valence-corrected chi connectivity index (χ3v) is 4.63. The molecule has 0 radical (unpaired) electrons. The van der Waals surface area contributed by atoms with Crippen LogP contribution in [0.25, 0.3) is 0 Å². The number of hydrogen-bond donors (Lipinski definition) is 3. The van der Waals surface area contributed by atoms with E-state index in [2.05, 4.69) is 15.5 Å². The number of nitrogens with zero attached hydrogens (tertiary/aromatic N) is 1. The lowest BCUT2D eigenvalue weighted by molar-refractivity contribution is -0.128. The number of nitrogens with one attached hydrogen (secondary N) is 2. The van der Waals surface area contributed by atoms with Crippen LogP contribution in [0.3, 0.4) is 0 Å². The number of aryl methyl sites for hydroxylation is 1. The van der Waals surface area contributed by atoms with Crippen LogP contribution in [-0.2, 0) is 11.3 Å². The third kappa shape index (κ3) is 3.00. The van der Waals surface area contributed by atoms with Crippen molar-refractivity contribution in [3.05, 3.63) is 17.5 Å². The second-order valence-electron chi connectivity index (χ2n) is 5.56. The zero-order valence-corrected chi connectivity index (χ0v) is 12.7. The van der Waals surface area contributed by atoms with Gasteiger partial charge in [-0.2, -0.15) is 5.10 Å². The van der Waals surface area contributed by atoms with Gasteiger partial charge in [0.1, 0.15) is 0 Å². The number of carbonyl (C=O) groups excluding carboxylic acids is 1. The molecule has 1 amide bonds. The van der Waals surface area contributed by atoms with Crippen molar-refractivity contribution >= 4 is 23.1 Å². The molecule has 1 fully saturated rings. The van der Waals surface area contributed by atoms with E-state index >= 15 is 0 Å². The predicted molar refractivity (Wildman–Crippen MR) is 82.1 cm³/mol. The number of amides is 1. The quantitative estimate of drug-likeness (QED) is 0.585. The van der Waals surface area contributed by atoms with Gasteiger partial charge in [-0.3, -0.25) is 9.89 Å². The largest absolute Gasteiger partial charge is 0.392 e. The summed E-state index contributed by atoms with van der Waals surface area (Å²) in [5, 5.41) is 9.79. The summed E-state index contributed by atoms with van der Waals surface area (Å²) >= 11 is 5.20. The van der Waals surface area contributed by atoms with E-state index in [1.165, 1.54) is 0 Å². The molecule has 0 aliphatic heterocycles. The van der Waals surface area contributed by atoms with Gasteiger partial charge < -0.3 is 11.1 Å². The summed E-state index contributed by atoms with van der Waals surface area (Å²) in [5.74, 6) is -0.0347. The van der Waals surface area contributed by atoms with Crippen LogP contribution in [0.15, 0.2) is 6.20 Å². The third-order valence-electron chi connectivity index (χ3n) is 4.24. The summed E-state index contributed by atoms with van der Waals surface area (Å²) in [7, 11) is 0. The highest BCUT2D eigenvalue weighted by molar-refractivity contribution is 7.80. The molecule has 0 aromatic carbocycles. The average molecular weight is 294 g/mol. The fourth-order valence-electron chi connectivity index (χ4n) is 2.82. The minimum atomic E-state index is -0.663. The summed E-state index contributed by atoms with van der Waals surface area (Å²) in [4.78, 5) is 12.9. The van der Waals surface area contributed by atoms with Crippen LogP contribution in [0.4, 0.5) is 0 Å². The molecule has 0 spiro atoms. The lowest BCUT2D eigenvalue weighted by Gasteiger charge is -2.30. The molecule has 0 bridgehead atoms. The van der Waals surface area contributed by atoms with Crippen LogP contribution in [0.5, 0.6) is 0 Å². The molecule has 1 heterocycles. The fraction of sp³-hybridized carbons (Fsp3) is 0.643. The molecule has 20 heavy (non-hydrogen) atoms. The van der Waals surface area contributed by atoms with E-state index in [-0.39, 0.29) is 5.91 Å². The van der Waals surface area contributed by atoms with E-state index in [9.17, 15) is 4.79 Å². The molecule has 1 aromatic rings. The summed E-state index contributed by atoms with van der Waals surface area (Å²) in [5.41, 5.74) is 7.20. The maximum Gasteiger partial charge on any atom is 0.233 e. The van der Waals surface area contributed by atoms with Gasteiger partial charge in [-0.25, -0.2) is 0 Å². The van der Waals surface area contributed by atoms with Crippen LogP contribution in [0.2, 0.25) is 0 Å². The van der Waals surface area contributed by atoms with Crippen LogP contribution in [-0.4, -0.2) is 21.1 Å². The molecule has 4 N–H and O–H groups in total. The second kappa shape index (κ2) is 6.35. The number of carbonyl (C=O) groups is 1. The number of nitrogens with two attached hydrogens (primary N) is 1. The summed E-state index contributed by atoms with van der Waals surface area (Å²) < 4.78 is 0. The number of aromatic amines is 1. The van der Waals surface area contributed by atoms with Gasteiger partial charge in [-0.15, -0.1) is 0 Å². The van der Waals surface area contributed by atoms with Gasteiger partial charge in [-0.05, 0) is 19.8 Å². The first-order valence-corrected chi connectivity index (χ1v) is 7.54. The van der Waals surface area contributed by atoms with Gasteiger partial charge in [0.2, 0.25) is 5.91 Å². The van der Waals surface area contributed by atoms with Gasteiger partial charge in [-0.1, -0.05) is 37.9 Å². The van der Waals surface area contributed by atoms with Crippen LogP contribution < -0.4 is 11.1 Å². The molecule has 0 atom stereocenters. The van der Waals surface area contributed by atoms with Crippen LogP contribution >= 0.6 is 12.2 Å². The normalized spacial score (nSPS) is 18.2. The van der Waals surface area contributed by atoms with E-state index < -0.39 is 5.41 Å². The van der Waals surface area contributed by atoms with E-state index in [0.717, 1.165) is 49.8 Å². The van der Waals surface area contributed by atoms with Crippen molar-refractivity contribution in [2.24, 2.45) is 11.1 Å². The first kappa shape index (κ1) is 15.0. The lowest BCUT2D eigenvalue weighted by Crippen LogP contribution is -2.48. The molecule has 6 heteroatoms. The van der Waals surface area contributed by atoms with Crippen molar-refractivity contribution in [1.29, 1.82) is 0 Å². The number of H-pyrrole nitrogens is 1. The van der Waals surface area contributed by atoms with Gasteiger partial charge in [0, 0.05) is 17.8 Å². The predicted octanol–water partition coefficient (Wildman–Crippen LogP) is 1.96. The Morgan fingerprint density at radius 3 is 2.60 bits per heavy atom. The Labute approximate surface area is 124 Å². The molecule has 1 saturated carbocycles. The van der Waals surface area contributed by atoms with Gasteiger partial charge in [0.15, 0.2) is 0 Å². The topological polar surface area (TPSA) is 83.8 Å². The molecule has 5 nitrogen and oxygen atoms in total. The van der Waals surface area contributed by atoms with Crippen LogP contribution in [0, 0.1) is 12.3 Å². The molecule has 1 aliphatic rings. The SMILES string of the molecule is Cc1[nH]ncc1CNC(=O)C1(C(N)=S)CCCCCC1. The van der Waals surface area contributed by atoms with E-state index in [1.54, 1.807) is 6.20 Å². The highest BCUT2D eigenvalue weighted by atomic mass is 32.1. The first-order valence-electron chi connectivity index (χ1n) is 7.13. The maximum atomic E-state index is 12.6. The Bertz CT molecular complexity index is 489. The van der Waals surface area contributed by atoms with Crippen molar-refractivity contribution in [3.63, 3.8) is 0 Å². The number of rotatable bonds is 4. The van der Waals surface area contributed by atoms with Gasteiger partial charge in [0.05, 0.1) is 16.6 Å². The van der Waals surface area contributed by atoms with Crippen molar-refractivity contribution in [3.8, 4) is 0 Å². The fourth-order valence-corrected chi connectivity index (χ4v) is 3.11. The lowest BCUT2D eigenvalue weighted by atomic mass is 9.79. The van der Waals surface area contributed by atoms with Crippen molar-refractivity contribution in [2.45, 2.75) is 52.0 Å². The average Bonchev–Trinajstić information content (AvgIpc) is 2.67. The van der Waals surface area contributed by atoms with Gasteiger partial charge >= 0.3 is 0 Å². The minimum Gasteiger partial charge on any atom is -0.392 e. The van der Waals surface area contributed by atoms with Gasteiger partial charge in [0.25, 0.3) is 0 Å². The number of thiocarbonyl (C=S) groups is 1. The van der Waals surface area contributed by atoms with E-state index in [0.29, 0.717) is 11.5 Å².